The van der Waals surface area contributed by atoms with E-state index in [0.29, 0.717) is 13.2 Å². The normalized spacial score (nSPS) is 22.5. The molecule has 0 radical (unpaired) electrons. The Hall–Kier alpha value is -1.34. The van der Waals surface area contributed by atoms with Gasteiger partial charge in [0.05, 0.1) is 6.54 Å². The van der Waals surface area contributed by atoms with E-state index in [0.717, 1.165) is 19.3 Å². The highest BCUT2D eigenvalue weighted by Crippen LogP contribution is 2.25. The lowest BCUT2D eigenvalue weighted by molar-refractivity contribution is -0.139. The smallest absolute Gasteiger partial charge is 0.317 e. The van der Waals surface area contributed by atoms with Gasteiger partial charge in [-0.15, -0.1) is 0 Å². The molecule has 21 heavy (non-hydrogen) atoms. The van der Waals surface area contributed by atoms with Crippen LogP contribution in [0.2, 0.25) is 0 Å². The Bertz CT molecular complexity index is 345. The summed E-state index contributed by atoms with van der Waals surface area (Å²) >= 11 is 0. The molecule has 0 aromatic carbocycles. The second-order valence-corrected chi connectivity index (χ2v) is 5.58. The predicted octanol–water partition coefficient (Wildman–Crippen LogP) is 0.648. The average Bonchev–Trinajstić information content (AvgIpc) is 2.37. The van der Waals surface area contributed by atoms with Crippen LogP contribution < -0.4 is 10.6 Å². The topological polar surface area (TPSA) is 90.9 Å². The molecule has 1 fully saturated rings. The molecule has 0 bridgehead atoms. The molecule has 7 nitrogen and oxygen atoms in total. The quantitative estimate of drug-likeness (QED) is 0.581. The van der Waals surface area contributed by atoms with E-state index in [1.165, 1.54) is 0 Å². The van der Waals surface area contributed by atoms with Crippen molar-refractivity contribution in [1.29, 1.82) is 0 Å². The maximum absolute atomic E-state index is 11.8. The molecule has 0 spiro atoms. The van der Waals surface area contributed by atoms with Crippen LogP contribution in [0.15, 0.2) is 0 Å². The minimum Gasteiger partial charge on any atom is -0.480 e. The summed E-state index contributed by atoms with van der Waals surface area (Å²) < 4.78 is 4.97. The summed E-state index contributed by atoms with van der Waals surface area (Å²) in [5.74, 6) is -0.807. The fourth-order valence-corrected chi connectivity index (χ4v) is 2.49. The molecule has 1 unspecified atom stereocenters. The van der Waals surface area contributed by atoms with E-state index in [-0.39, 0.29) is 30.7 Å². The van der Waals surface area contributed by atoms with Gasteiger partial charge in [-0.2, -0.15) is 0 Å². The van der Waals surface area contributed by atoms with E-state index in [1.807, 2.05) is 18.7 Å². The molecule has 7 heteroatoms. The second-order valence-electron chi connectivity index (χ2n) is 5.58. The second kappa shape index (κ2) is 8.84. The Morgan fingerprint density at radius 2 is 2.10 bits per heavy atom. The number of carbonyl (C=O) groups excluding carboxylic acids is 1. The summed E-state index contributed by atoms with van der Waals surface area (Å²) in [4.78, 5) is 24.5. The first-order chi connectivity index (χ1) is 9.96. The molecule has 0 aromatic rings. The van der Waals surface area contributed by atoms with Crippen molar-refractivity contribution in [3.63, 3.8) is 0 Å². The summed E-state index contributed by atoms with van der Waals surface area (Å²) in [7, 11) is 1.64. The van der Waals surface area contributed by atoms with E-state index in [2.05, 4.69) is 10.6 Å². The summed E-state index contributed by atoms with van der Waals surface area (Å²) in [6.45, 7) is 5.29. The summed E-state index contributed by atoms with van der Waals surface area (Å²) in [6, 6.07) is 0.290. The Morgan fingerprint density at radius 3 is 2.62 bits per heavy atom. The van der Waals surface area contributed by atoms with E-state index in [4.69, 9.17) is 9.84 Å². The van der Waals surface area contributed by atoms with Crippen LogP contribution in [0.1, 0.15) is 33.1 Å². The molecule has 3 N–H and O–H groups in total. The first kappa shape index (κ1) is 17.7. The highest BCUT2D eigenvalue weighted by Gasteiger charge is 2.34. The zero-order chi connectivity index (χ0) is 15.8. The van der Waals surface area contributed by atoms with Gasteiger partial charge in [-0.25, -0.2) is 4.79 Å². The van der Waals surface area contributed by atoms with Gasteiger partial charge in [0.25, 0.3) is 0 Å². The number of urea groups is 1. The number of nitrogens with zero attached hydrogens (tertiary/aromatic N) is 1. The summed E-state index contributed by atoms with van der Waals surface area (Å²) in [6.07, 6.45) is 2.39. The van der Waals surface area contributed by atoms with Crippen molar-refractivity contribution in [2.75, 3.05) is 26.8 Å². The maximum Gasteiger partial charge on any atom is 0.317 e. The number of hydrogen-bond acceptors (Lipinski definition) is 4. The Kier molecular flexibility index (Phi) is 7.45. The molecular formula is C14H27N3O4. The largest absolute Gasteiger partial charge is 0.480 e. The molecule has 0 aromatic heterocycles. The highest BCUT2D eigenvalue weighted by molar-refractivity contribution is 5.74. The van der Waals surface area contributed by atoms with Crippen LogP contribution in [-0.2, 0) is 9.53 Å². The molecule has 122 valence electrons. The number of carboxylic acids is 1. The first-order valence-corrected chi connectivity index (χ1v) is 7.48. The number of hydrogen-bond donors (Lipinski definition) is 3. The third kappa shape index (κ3) is 6.31. The van der Waals surface area contributed by atoms with Gasteiger partial charge in [0, 0.05) is 31.8 Å². The molecule has 1 aliphatic rings. The minimum atomic E-state index is -0.807. The van der Waals surface area contributed by atoms with Crippen molar-refractivity contribution in [2.45, 2.75) is 51.2 Å². The van der Waals surface area contributed by atoms with Gasteiger partial charge >= 0.3 is 12.0 Å². The number of rotatable bonds is 9. The van der Waals surface area contributed by atoms with Gasteiger partial charge in [0.15, 0.2) is 0 Å². The van der Waals surface area contributed by atoms with Crippen molar-refractivity contribution in [1.82, 2.24) is 15.5 Å². The van der Waals surface area contributed by atoms with Gasteiger partial charge in [-0.05, 0) is 32.7 Å². The number of carboxylic acid groups (broad SMARTS) is 1. The number of aliphatic carboxylic acids is 1. The van der Waals surface area contributed by atoms with Crippen molar-refractivity contribution in [2.24, 2.45) is 0 Å². The first-order valence-electron chi connectivity index (χ1n) is 7.48. The van der Waals surface area contributed by atoms with Crippen LogP contribution in [-0.4, -0.2) is 66.9 Å². The van der Waals surface area contributed by atoms with Crippen LogP contribution in [0.4, 0.5) is 4.79 Å². The molecule has 0 heterocycles. The van der Waals surface area contributed by atoms with Crippen LogP contribution in [0, 0.1) is 0 Å². The van der Waals surface area contributed by atoms with E-state index >= 15 is 0 Å². The van der Waals surface area contributed by atoms with Crippen molar-refractivity contribution in [3.8, 4) is 0 Å². The fraction of sp³-hybridized carbons (Fsp3) is 0.857. The van der Waals surface area contributed by atoms with E-state index in [9.17, 15) is 9.59 Å². The lowest BCUT2D eigenvalue weighted by Crippen LogP contribution is -2.57. The Labute approximate surface area is 126 Å². The van der Waals surface area contributed by atoms with Gasteiger partial charge in [0.2, 0.25) is 0 Å². The van der Waals surface area contributed by atoms with E-state index < -0.39 is 5.97 Å². The maximum atomic E-state index is 11.8. The Balaban J connectivity index is 2.21. The van der Waals surface area contributed by atoms with Crippen LogP contribution in [0.5, 0.6) is 0 Å². The number of carbonyl (C=O) groups is 2. The van der Waals surface area contributed by atoms with Crippen LogP contribution >= 0.6 is 0 Å². The number of nitrogens with one attached hydrogen (secondary N) is 2. The highest BCUT2D eigenvalue weighted by atomic mass is 16.5. The third-order valence-corrected chi connectivity index (χ3v) is 3.84. The Morgan fingerprint density at radius 1 is 1.43 bits per heavy atom. The minimum absolute atomic E-state index is 0.0636. The molecule has 1 aliphatic carbocycles. The third-order valence-electron chi connectivity index (χ3n) is 3.84. The van der Waals surface area contributed by atoms with Crippen LogP contribution in [0.25, 0.3) is 0 Å². The fourth-order valence-electron chi connectivity index (χ4n) is 2.49. The van der Waals surface area contributed by atoms with Crippen molar-refractivity contribution < 1.29 is 19.4 Å². The monoisotopic (exact) mass is 301 g/mol. The summed E-state index contributed by atoms with van der Waals surface area (Å²) in [5, 5.41) is 14.6. The van der Waals surface area contributed by atoms with Gasteiger partial charge in [0.1, 0.15) is 0 Å². The average molecular weight is 301 g/mol. The number of amides is 2. The van der Waals surface area contributed by atoms with Crippen molar-refractivity contribution in [3.05, 3.63) is 0 Å². The van der Waals surface area contributed by atoms with Crippen LogP contribution in [0.3, 0.4) is 0 Å². The van der Waals surface area contributed by atoms with E-state index in [1.54, 1.807) is 7.11 Å². The molecule has 1 rings (SSSR count). The molecule has 1 saturated carbocycles. The SMILES string of the molecule is CCN(CC(=O)O)C1CC(NC(=O)NC(C)CCOC)C1. The van der Waals surface area contributed by atoms with Gasteiger partial charge < -0.3 is 20.5 Å². The molecular weight excluding hydrogens is 274 g/mol. The molecule has 2 amide bonds. The number of methoxy groups -OCH3 is 1. The number of ether oxygens (including phenoxy) is 1. The van der Waals surface area contributed by atoms with Gasteiger partial charge in [-0.3, -0.25) is 9.69 Å². The molecule has 0 aliphatic heterocycles. The number of likely N-dealkylation sites (N-methyl/N-ethyl adjacent to an activating group) is 1. The zero-order valence-electron chi connectivity index (χ0n) is 13.1. The lowest BCUT2D eigenvalue weighted by atomic mass is 9.85. The zero-order valence-corrected chi connectivity index (χ0v) is 13.1. The predicted molar refractivity (Wildman–Crippen MR) is 79.3 cm³/mol. The standard InChI is InChI=1S/C14H27N3O4/c1-4-17(9-13(18)19)12-7-11(8-12)16-14(20)15-10(2)5-6-21-3/h10-12H,4-9H2,1-3H3,(H,18,19)(H2,15,16,20). The molecule has 0 saturated heterocycles. The van der Waals surface area contributed by atoms with Crippen molar-refractivity contribution >= 4 is 12.0 Å². The van der Waals surface area contributed by atoms with Gasteiger partial charge in [-0.1, -0.05) is 6.92 Å². The lowest BCUT2D eigenvalue weighted by Gasteiger charge is -2.42. The summed E-state index contributed by atoms with van der Waals surface area (Å²) in [5.41, 5.74) is 0. The molecule has 1 atom stereocenters.